The van der Waals surface area contributed by atoms with Gasteiger partial charge in [-0.1, -0.05) is 27.7 Å². The van der Waals surface area contributed by atoms with Crippen molar-refractivity contribution in [1.82, 2.24) is 0 Å². The zero-order valence-electron chi connectivity index (χ0n) is 11.3. The summed E-state index contributed by atoms with van der Waals surface area (Å²) in [4.78, 5) is 0. The Balaban J connectivity index is 2.83. The predicted molar refractivity (Wildman–Crippen MR) is 71.7 cm³/mol. The average molecular weight is 234 g/mol. The average Bonchev–Trinajstić information content (AvgIpc) is 2.35. The number of anilines is 2. The summed E-state index contributed by atoms with van der Waals surface area (Å²) in [5.74, 6) is 0. The van der Waals surface area contributed by atoms with Crippen molar-refractivity contribution in [2.45, 2.75) is 51.9 Å². The van der Waals surface area contributed by atoms with E-state index < -0.39 is 0 Å². The van der Waals surface area contributed by atoms with Gasteiger partial charge >= 0.3 is 0 Å². The Morgan fingerprint density at radius 2 is 1.82 bits per heavy atom. The number of nitrogen functional groups attached to an aromatic ring is 1. The van der Waals surface area contributed by atoms with Crippen LogP contribution in [-0.4, -0.2) is 5.21 Å². The molecule has 0 atom stereocenters. The number of rotatable bonds is 1. The quantitative estimate of drug-likeness (QED) is 0.516. The number of hydrogen-bond acceptors (Lipinski definition) is 3. The van der Waals surface area contributed by atoms with Crippen molar-refractivity contribution >= 4 is 11.4 Å². The van der Waals surface area contributed by atoms with E-state index in [1.165, 1.54) is 11.1 Å². The van der Waals surface area contributed by atoms with Gasteiger partial charge in [0.15, 0.2) is 0 Å². The molecule has 0 saturated carbocycles. The fourth-order valence-corrected chi connectivity index (χ4v) is 3.47. The molecule has 1 aliphatic rings. The van der Waals surface area contributed by atoms with Crippen LogP contribution in [0.2, 0.25) is 0 Å². The van der Waals surface area contributed by atoms with Gasteiger partial charge in [0, 0.05) is 5.69 Å². The van der Waals surface area contributed by atoms with E-state index in [0.29, 0.717) is 0 Å². The molecule has 0 aliphatic heterocycles. The van der Waals surface area contributed by atoms with Crippen LogP contribution in [0.15, 0.2) is 6.07 Å². The highest BCUT2D eigenvalue weighted by Crippen LogP contribution is 2.53. The van der Waals surface area contributed by atoms with Crippen molar-refractivity contribution in [1.29, 1.82) is 0 Å². The van der Waals surface area contributed by atoms with E-state index >= 15 is 0 Å². The van der Waals surface area contributed by atoms with Crippen LogP contribution in [0.1, 0.15) is 50.8 Å². The van der Waals surface area contributed by atoms with Gasteiger partial charge in [-0.15, -0.1) is 0 Å². The molecule has 0 fully saturated rings. The fraction of sp³-hybridized carbons (Fsp3) is 0.571. The monoisotopic (exact) mass is 234 g/mol. The molecule has 0 unspecified atom stereocenters. The van der Waals surface area contributed by atoms with Crippen LogP contribution < -0.4 is 11.2 Å². The maximum absolute atomic E-state index is 9.40. The van der Waals surface area contributed by atoms with Crippen molar-refractivity contribution in [3.8, 4) is 0 Å². The lowest BCUT2D eigenvalue weighted by molar-refractivity contribution is 0.380. The molecule has 3 heteroatoms. The SMILES string of the molecule is Cc1c(N)cc2c(c1NO)C(C)(C)CC2(C)C. The number of fused-ring (bicyclic) bond motifs is 1. The molecule has 2 rings (SSSR count). The summed E-state index contributed by atoms with van der Waals surface area (Å²) in [6.45, 7) is 10.8. The Bertz CT molecular complexity index is 476. The summed E-state index contributed by atoms with van der Waals surface area (Å²) in [5, 5.41) is 9.40. The lowest BCUT2D eigenvalue weighted by atomic mass is 9.81. The molecule has 0 spiro atoms. The number of nitrogens with two attached hydrogens (primary N) is 1. The fourth-order valence-electron chi connectivity index (χ4n) is 3.47. The molecule has 17 heavy (non-hydrogen) atoms. The molecule has 3 nitrogen and oxygen atoms in total. The first-order valence-electron chi connectivity index (χ1n) is 6.05. The van der Waals surface area contributed by atoms with Crippen molar-refractivity contribution in [2.75, 3.05) is 11.2 Å². The van der Waals surface area contributed by atoms with E-state index in [1.807, 2.05) is 6.92 Å². The van der Waals surface area contributed by atoms with Crippen LogP contribution in [0.3, 0.4) is 0 Å². The second-order valence-electron chi connectivity index (χ2n) is 6.44. The summed E-state index contributed by atoms with van der Waals surface area (Å²) >= 11 is 0. The first-order chi connectivity index (χ1) is 7.70. The van der Waals surface area contributed by atoms with Crippen LogP contribution in [0.5, 0.6) is 0 Å². The summed E-state index contributed by atoms with van der Waals surface area (Å²) in [6, 6.07) is 2.07. The van der Waals surface area contributed by atoms with E-state index in [1.54, 1.807) is 0 Å². The highest BCUT2D eigenvalue weighted by molar-refractivity contribution is 5.73. The van der Waals surface area contributed by atoms with Crippen LogP contribution in [0.4, 0.5) is 11.4 Å². The molecule has 0 saturated heterocycles. The Labute approximate surface area is 103 Å². The third-order valence-electron chi connectivity index (χ3n) is 4.03. The molecule has 0 amide bonds. The minimum atomic E-state index is 0.0579. The topological polar surface area (TPSA) is 58.3 Å². The summed E-state index contributed by atoms with van der Waals surface area (Å²) < 4.78 is 0. The predicted octanol–water partition coefficient (Wildman–Crippen LogP) is 3.34. The van der Waals surface area contributed by atoms with Gasteiger partial charge in [-0.2, -0.15) is 0 Å². The minimum Gasteiger partial charge on any atom is -0.398 e. The highest BCUT2D eigenvalue weighted by Gasteiger charge is 2.44. The number of benzene rings is 1. The molecule has 0 heterocycles. The van der Waals surface area contributed by atoms with E-state index in [4.69, 9.17) is 5.73 Å². The molecule has 1 aliphatic carbocycles. The Hall–Kier alpha value is -1.22. The van der Waals surface area contributed by atoms with Crippen LogP contribution in [0, 0.1) is 6.92 Å². The molecule has 0 radical (unpaired) electrons. The largest absolute Gasteiger partial charge is 0.398 e. The van der Waals surface area contributed by atoms with Gasteiger partial charge in [0.25, 0.3) is 0 Å². The lowest BCUT2D eigenvalue weighted by Gasteiger charge is -2.24. The second-order valence-corrected chi connectivity index (χ2v) is 6.44. The zero-order chi connectivity index (χ0) is 13.0. The third-order valence-corrected chi connectivity index (χ3v) is 4.03. The Morgan fingerprint density at radius 1 is 1.24 bits per heavy atom. The molecule has 0 bridgehead atoms. The molecule has 4 N–H and O–H groups in total. The number of nitrogens with one attached hydrogen (secondary N) is 1. The molecule has 1 aromatic carbocycles. The third kappa shape index (κ3) is 1.61. The van der Waals surface area contributed by atoms with Crippen LogP contribution in [0.25, 0.3) is 0 Å². The van der Waals surface area contributed by atoms with Crippen molar-refractivity contribution in [3.63, 3.8) is 0 Å². The first kappa shape index (κ1) is 12.2. The summed E-state index contributed by atoms with van der Waals surface area (Å²) in [7, 11) is 0. The van der Waals surface area contributed by atoms with E-state index in [-0.39, 0.29) is 10.8 Å². The van der Waals surface area contributed by atoms with Gasteiger partial charge in [-0.05, 0) is 46.9 Å². The van der Waals surface area contributed by atoms with Gasteiger partial charge in [0.05, 0.1) is 5.69 Å². The van der Waals surface area contributed by atoms with Crippen molar-refractivity contribution in [3.05, 3.63) is 22.8 Å². The normalized spacial score (nSPS) is 20.1. The maximum atomic E-state index is 9.40. The van der Waals surface area contributed by atoms with Gasteiger partial charge in [-0.3, -0.25) is 10.7 Å². The first-order valence-corrected chi connectivity index (χ1v) is 6.05. The van der Waals surface area contributed by atoms with Gasteiger partial charge < -0.3 is 5.73 Å². The lowest BCUT2D eigenvalue weighted by Crippen LogP contribution is -2.18. The molecular formula is C14H22N2O. The maximum Gasteiger partial charge on any atom is 0.0692 e. The molecule has 1 aromatic rings. The summed E-state index contributed by atoms with van der Waals surface area (Å²) in [6.07, 6.45) is 1.06. The van der Waals surface area contributed by atoms with E-state index in [9.17, 15) is 5.21 Å². The zero-order valence-corrected chi connectivity index (χ0v) is 11.3. The van der Waals surface area contributed by atoms with Crippen molar-refractivity contribution < 1.29 is 5.21 Å². The Morgan fingerprint density at radius 3 is 2.35 bits per heavy atom. The Kier molecular flexibility index (Phi) is 2.44. The molecule has 0 aromatic heterocycles. The van der Waals surface area contributed by atoms with E-state index in [2.05, 4.69) is 39.2 Å². The van der Waals surface area contributed by atoms with Gasteiger partial charge in [0.2, 0.25) is 0 Å². The second kappa shape index (κ2) is 3.39. The van der Waals surface area contributed by atoms with E-state index in [0.717, 1.165) is 23.4 Å². The van der Waals surface area contributed by atoms with Crippen LogP contribution >= 0.6 is 0 Å². The van der Waals surface area contributed by atoms with Crippen LogP contribution in [-0.2, 0) is 10.8 Å². The molecular weight excluding hydrogens is 212 g/mol. The van der Waals surface area contributed by atoms with Gasteiger partial charge in [0.1, 0.15) is 0 Å². The standard InChI is InChI=1S/C14H22N2O/c1-8-10(15)6-9-11(12(8)16-17)14(4,5)7-13(9,2)3/h6,16-17H,7,15H2,1-5H3. The minimum absolute atomic E-state index is 0.0579. The molecule has 94 valence electrons. The van der Waals surface area contributed by atoms with Gasteiger partial charge in [-0.25, -0.2) is 0 Å². The van der Waals surface area contributed by atoms with Crippen molar-refractivity contribution in [2.24, 2.45) is 0 Å². The summed E-state index contributed by atoms with van der Waals surface area (Å²) in [5.41, 5.74) is 13.5. The smallest absolute Gasteiger partial charge is 0.0692 e. The number of hydrogen-bond donors (Lipinski definition) is 3. The highest BCUT2D eigenvalue weighted by atomic mass is 16.5.